The summed E-state index contributed by atoms with van der Waals surface area (Å²) in [5.41, 5.74) is 0.947. The van der Waals surface area contributed by atoms with Crippen LogP contribution in [0.4, 0.5) is 5.69 Å². The molecular formula is C16H14ClNO3. The number of rotatable bonds is 2. The molecule has 0 N–H and O–H groups in total. The highest BCUT2D eigenvalue weighted by atomic mass is 35.5. The van der Waals surface area contributed by atoms with E-state index in [4.69, 9.17) is 11.6 Å². The van der Waals surface area contributed by atoms with E-state index in [0.717, 1.165) is 0 Å². The summed E-state index contributed by atoms with van der Waals surface area (Å²) < 4.78 is 0. The Bertz CT molecular complexity index is 680. The minimum atomic E-state index is -0.379. The number of imide groups is 1. The van der Waals surface area contributed by atoms with E-state index < -0.39 is 0 Å². The van der Waals surface area contributed by atoms with Gasteiger partial charge >= 0.3 is 0 Å². The Balaban J connectivity index is 1.97. The van der Waals surface area contributed by atoms with Crippen LogP contribution in [-0.4, -0.2) is 17.6 Å². The zero-order chi connectivity index (χ0) is 15.1. The molecule has 1 fully saturated rings. The predicted octanol–water partition coefficient (Wildman–Crippen LogP) is 2.91. The van der Waals surface area contributed by atoms with Crippen LogP contribution in [0.15, 0.2) is 35.4 Å². The van der Waals surface area contributed by atoms with Crippen LogP contribution < -0.4 is 4.90 Å². The van der Waals surface area contributed by atoms with Crippen molar-refractivity contribution in [2.75, 3.05) is 4.90 Å². The molecule has 2 amide bonds. The Morgan fingerprint density at radius 2 is 1.95 bits per heavy atom. The average Bonchev–Trinajstić information content (AvgIpc) is 2.70. The first kappa shape index (κ1) is 14.0. The van der Waals surface area contributed by atoms with Crippen LogP contribution in [-0.2, 0) is 9.59 Å². The number of ketones is 1. The molecule has 0 aromatic heterocycles. The number of anilines is 1. The Morgan fingerprint density at radius 3 is 2.67 bits per heavy atom. The second kappa shape index (κ2) is 5.11. The lowest BCUT2D eigenvalue weighted by atomic mass is 9.85. The Morgan fingerprint density at radius 1 is 1.24 bits per heavy atom. The third kappa shape index (κ3) is 2.29. The molecule has 2 aliphatic rings. The number of fused-ring (bicyclic) bond motifs is 1. The van der Waals surface area contributed by atoms with Crippen molar-refractivity contribution < 1.29 is 14.4 Å². The SMILES string of the molecule is CC(=O)c1cccc(N2C(=O)[C@H]3CC=C(Cl)C[C@H]3C2=O)c1. The maximum atomic E-state index is 12.5. The van der Waals surface area contributed by atoms with Crippen LogP contribution in [0.3, 0.4) is 0 Å². The summed E-state index contributed by atoms with van der Waals surface area (Å²) in [6, 6.07) is 6.61. The number of hydrogen-bond acceptors (Lipinski definition) is 3. The van der Waals surface area contributed by atoms with Gasteiger partial charge in [0, 0.05) is 10.6 Å². The fourth-order valence-electron chi connectivity index (χ4n) is 2.95. The van der Waals surface area contributed by atoms with Crippen LogP contribution in [0.25, 0.3) is 0 Å². The minimum Gasteiger partial charge on any atom is -0.295 e. The zero-order valence-corrected chi connectivity index (χ0v) is 12.3. The molecule has 21 heavy (non-hydrogen) atoms. The standard InChI is InChI=1S/C16H14ClNO3/c1-9(19)10-3-2-4-12(7-10)18-15(20)13-6-5-11(17)8-14(13)16(18)21/h2-5,7,13-14H,6,8H2,1H3/t13-,14+/m0/s1. The van der Waals surface area contributed by atoms with Crippen molar-refractivity contribution in [1.29, 1.82) is 0 Å². The van der Waals surface area contributed by atoms with E-state index in [1.807, 2.05) is 6.08 Å². The normalized spacial score (nSPS) is 24.9. The first-order chi connectivity index (χ1) is 9.99. The molecule has 2 atom stereocenters. The second-order valence-corrected chi connectivity index (χ2v) is 5.91. The van der Waals surface area contributed by atoms with E-state index in [1.54, 1.807) is 24.3 Å². The van der Waals surface area contributed by atoms with E-state index in [9.17, 15) is 14.4 Å². The van der Waals surface area contributed by atoms with Gasteiger partial charge in [0.2, 0.25) is 11.8 Å². The largest absolute Gasteiger partial charge is 0.295 e. The highest BCUT2D eigenvalue weighted by molar-refractivity contribution is 6.30. The maximum absolute atomic E-state index is 12.5. The molecule has 1 heterocycles. The maximum Gasteiger partial charge on any atom is 0.238 e. The molecule has 0 bridgehead atoms. The Hall–Kier alpha value is -1.94. The number of halogens is 1. The summed E-state index contributed by atoms with van der Waals surface area (Å²) in [5.74, 6) is -1.24. The number of nitrogens with zero attached hydrogens (tertiary/aromatic N) is 1. The lowest BCUT2D eigenvalue weighted by Crippen LogP contribution is -2.31. The van der Waals surface area contributed by atoms with Gasteiger partial charge in [0.25, 0.3) is 0 Å². The van der Waals surface area contributed by atoms with Crippen LogP contribution in [0.5, 0.6) is 0 Å². The molecule has 1 aliphatic heterocycles. The summed E-state index contributed by atoms with van der Waals surface area (Å²) in [4.78, 5) is 37.7. The molecule has 1 saturated heterocycles. The summed E-state index contributed by atoms with van der Waals surface area (Å²) in [5, 5.41) is 0.636. The molecule has 0 spiro atoms. The number of benzene rings is 1. The van der Waals surface area contributed by atoms with Gasteiger partial charge in [0.05, 0.1) is 17.5 Å². The molecule has 1 aliphatic carbocycles. The van der Waals surface area contributed by atoms with Gasteiger partial charge in [-0.2, -0.15) is 0 Å². The van der Waals surface area contributed by atoms with Crippen molar-refractivity contribution in [3.63, 3.8) is 0 Å². The van der Waals surface area contributed by atoms with Gasteiger partial charge in [-0.05, 0) is 31.9 Å². The quantitative estimate of drug-likeness (QED) is 0.623. The summed E-state index contributed by atoms with van der Waals surface area (Å²) in [6.45, 7) is 1.45. The first-order valence-electron chi connectivity index (χ1n) is 6.82. The fraction of sp³-hybridized carbons (Fsp3) is 0.312. The third-order valence-electron chi connectivity index (χ3n) is 4.08. The number of amides is 2. The number of allylic oxidation sites excluding steroid dienone is 2. The summed E-state index contributed by atoms with van der Waals surface area (Å²) in [7, 11) is 0. The van der Waals surface area contributed by atoms with Crippen molar-refractivity contribution >= 4 is 34.9 Å². The molecule has 3 rings (SSSR count). The molecule has 0 radical (unpaired) electrons. The molecule has 5 heteroatoms. The molecule has 1 aromatic rings. The van der Waals surface area contributed by atoms with Crippen molar-refractivity contribution in [2.24, 2.45) is 11.8 Å². The number of carbonyl (C=O) groups is 3. The summed E-state index contributed by atoms with van der Waals surface area (Å²) >= 11 is 5.99. The van der Waals surface area contributed by atoms with Crippen LogP contribution in [0, 0.1) is 11.8 Å². The predicted molar refractivity (Wildman–Crippen MR) is 79.1 cm³/mol. The molecule has 4 nitrogen and oxygen atoms in total. The topological polar surface area (TPSA) is 54.5 Å². The molecular weight excluding hydrogens is 290 g/mol. The second-order valence-electron chi connectivity index (χ2n) is 5.42. The van der Waals surface area contributed by atoms with Crippen LogP contribution in [0.1, 0.15) is 30.1 Å². The highest BCUT2D eigenvalue weighted by Gasteiger charge is 2.48. The van der Waals surface area contributed by atoms with Crippen molar-refractivity contribution in [2.45, 2.75) is 19.8 Å². The first-order valence-corrected chi connectivity index (χ1v) is 7.20. The zero-order valence-electron chi connectivity index (χ0n) is 11.5. The van der Waals surface area contributed by atoms with Gasteiger partial charge in [-0.25, -0.2) is 0 Å². The third-order valence-corrected chi connectivity index (χ3v) is 4.39. The fourth-order valence-corrected chi connectivity index (χ4v) is 3.20. The van der Waals surface area contributed by atoms with Crippen molar-refractivity contribution in [1.82, 2.24) is 0 Å². The molecule has 108 valence electrons. The Kier molecular flexibility index (Phi) is 3.41. The van der Waals surface area contributed by atoms with Crippen molar-refractivity contribution in [3.8, 4) is 0 Å². The lowest BCUT2D eigenvalue weighted by molar-refractivity contribution is -0.122. The monoisotopic (exact) mass is 303 g/mol. The van der Waals surface area contributed by atoms with E-state index in [1.165, 1.54) is 11.8 Å². The van der Waals surface area contributed by atoms with Gasteiger partial charge < -0.3 is 0 Å². The molecule has 0 unspecified atom stereocenters. The highest BCUT2D eigenvalue weighted by Crippen LogP contribution is 2.40. The average molecular weight is 304 g/mol. The van der Waals surface area contributed by atoms with Crippen molar-refractivity contribution in [3.05, 3.63) is 40.9 Å². The van der Waals surface area contributed by atoms with E-state index >= 15 is 0 Å². The number of carbonyl (C=O) groups excluding carboxylic acids is 3. The lowest BCUT2D eigenvalue weighted by Gasteiger charge is -2.17. The number of hydrogen-bond donors (Lipinski definition) is 0. The number of Topliss-reactive ketones (excluding diaryl/α,β-unsaturated/α-hetero) is 1. The molecule has 1 aromatic carbocycles. The van der Waals surface area contributed by atoms with E-state index in [0.29, 0.717) is 29.1 Å². The van der Waals surface area contributed by atoms with E-state index in [-0.39, 0.29) is 29.4 Å². The van der Waals surface area contributed by atoms with Gasteiger partial charge in [0.15, 0.2) is 5.78 Å². The minimum absolute atomic E-state index is 0.0990. The van der Waals surface area contributed by atoms with E-state index in [2.05, 4.69) is 0 Å². The van der Waals surface area contributed by atoms with Crippen LogP contribution >= 0.6 is 11.6 Å². The van der Waals surface area contributed by atoms with Gasteiger partial charge in [-0.3, -0.25) is 19.3 Å². The van der Waals surface area contributed by atoms with Gasteiger partial charge in [0.1, 0.15) is 0 Å². The summed E-state index contributed by atoms with van der Waals surface area (Å²) in [6.07, 6.45) is 2.72. The Labute approximate surface area is 127 Å². The molecule has 0 saturated carbocycles. The smallest absolute Gasteiger partial charge is 0.238 e. The van der Waals surface area contributed by atoms with Gasteiger partial charge in [-0.1, -0.05) is 29.8 Å². The van der Waals surface area contributed by atoms with Crippen LogP contribution in [0.2, 0.25) is 0 Å². The van der Waals surface area contributed by atoms with Gasteiger partial charge in [-0.15, -0.1) is 0 Å².